The maximum Gasteiger partial charge on any atom is 0.460 e. The highest BCUT2D eigenvalue weighted by Gasteiger charge is 2.51. The molecule has 0 amide bonds. The SMILES string of the molecule is CC.CC(C)B1OC(C)(C)C(C)(C)O1. The molecule has 1 aliphatic rings. The summed E-state index contributed by atoms with van der Waals surface area (Å²) in [6.45, 7) is 16.5. The van der Waals surface area contributed by atoms with Crippen molar-refractivity contribution >= 4 is 7.12 Å². The summed E-state index contributed by atoms with van der Waals surface area (Å²) in [5, 5.41) is 0. The molecule has 14 heavy (non-hydrogen) atoms. The molecule has 0 aliphatic carbocycles. The van der Waals surface area contributed by atoms with Crippen molar-refractivity contribution in [2.75, 3.05) is 0 Å². The molecular weight excluding hydrogens is 175 g/mol. The molecule has 0 radical (unpaired) electrons. The van der Waals surface area contributed by atoms with Gasteiger partial charge >= 0.3 is 7.12 Å². The zero-order valence-electron chi connectivity index (χ0n) is 11.0. The van der Waals surface area contributed by atoms with Gasteiger partial charge in [0.15, 0.2) is 0 Å². The Morgan fingerprint density at radius 2 is 1.14 bits per heavy atom. The van der Waals surface area contributed by atoms with Gasteiger partial charge in [0.1, 0.15) is 0 Å². The molecule has 1 heterocycles. The molecule has 0 spiro atoms. The second kappa shape index (κ2) is 4.67. The summed E-state index contributed by atoms with van der Waals surface area (Å²) in [5.74, 6) is 0.422. The third-order valence-corrected chi connectivity index (χ3v) is 2.82. The molecule has 0 aromatic heterocycles. The maximum atomic E-state index is 5.80. The molecule has 0 unspecified atom stereocenters. The molecule has 1 aliphatic heterocycles. The lowest BCUT2D eigenvalue weighted by Gasteiger charge is -2.32. The molecule has 84 valence electrons. The molecule has 1 rings (SSSR count). The highest BCUT2D eigenvalue weighted by atomic mass is 16.7. The van der Waals surface area contributed by atoms with E-state index in [1.807, 2.05) is 13.8 Å². The average Bonchev–Trinajstić information content (AvgIpc) is 2.26. The van der Waals surface area contributed by atoms with Crippen molar-refractivity contribution in [2.45, 2.75) is 72.4 Å². The molecule has 0 atom stereocenters. The van der Waals surface area contributed by atoms with Gasteiger partial charge in [0, 0.05) is 0 Å². The predicted molar refractivity (Wildman–Crippen MR) is 62.5 cm³/mol. The van der Waals surface area contributed by atoms with Crippen LogP contribution in [-0.4, -0.2) is 18.3 Å². The van der Waals surface area contributed by atoms with Gasteiger partial charge in [0.05, 0.1) is 11.2 Å². The van der Waals surface area contributed by atoms with Crippen molar-refractivity contribution in [1.82, 2.24) is 0 Å². The van der Waals surface area contributed by atoms with E-state index >= 15 is 0 Å². The summed E-state index contributed by atoms with van der Waals surface area (Å²) < 4.78 is 11.6. The summed E-state index contributed by atoms with van der Waals surface area (Å²) in [5.41, 5.74) is -0.357. The van der Waals surface area contributed by atoms with Crippen LogP contribution < -0.4 is 0 Å². The molecule has 1 fully saturated rings. The van der Waals surface area contributed by atoms with Crippen LogP contribution in [0.25, 0.3) is 0 Å². The van der Waals surface area contributed by atoms with Crippen LogP contribution in [-0.2, 0) is 9.31 Å². The number of hydrogen-bond donors (Lipinski definition) is 0. The highest BCUT2D eigenvalue weighted by Crippen LogP contribution is 2.39. The Hall–Kier alpha value is -0.0151. The van der Waals surface area contributed by atoms with Crippen molar-refractivity contribution in [3.63, 3.8) is 0 Å². The molecule has 0 N–H and O–H groups in total. The van der Waals surface area contributed by atoms with Gasteiger partial charge in [0.2, 0.25) is 0 Å². The Morgan fingerprint density at radius 3 is 1.29 bits per heavy atom. The minimum atomic E-state index is -0.179. The van der Waals surface area contributed by atoms with E-state index in [-0.39, 0.29) is 18.3 Å². The average molecular weight is 200 g/mol. The third-order valence-electron chi connectivity index (χ3n) is 2.82. The lowest BCUT2D eigenvalue weighted by atomic mass is 9.75. The second-order valence-electron chi connectivity index (χ2n) is 4.87. The zero-order valence-corrected chi connectivity index (χ0v) is 11.0. The third kappa shape index (κ3) is 2.74. The van der Waals surface area contributed by atoms with Crippen LogP contribution in [0.2, 0.25) is 5.82 Å². The first-order valence-electron chi connectivity index (χ1n) is 5.62. The lowest BCUT2D eigenvalue weighted by Crippen LogP contribution is -2.41. The Bertz CT molecular complexity index is 160. The van der Waals surface area contributed by atoms with Gasteiger partial charge in [-0.15, -0.1) is 0 Å². The standard InChI is InChI=1S/C9H19BO2.C2H6/c1-7(2)10-11-8(3,4)9(5,6)12-10;1-2/h7H,1-6H3;1-2H3. The summed E-state index contributed by atoms with van der Waals surface area (Å²) in [4.78, 5) is 0. The fourth-order valence-corrected chi connectivity index (χ4v) is 1.16. The Labute approximate surface area is 89.5 Å². The maximum absolute atomic E-state index is 5.80. The van der Waals surface area contributed by atoms with Crippen LogP contribution in [0.15, 0.2) is 0 Å². The van der Waals surface area contributed by atoms with E-state index in [9.17, 15) is 0 Å². The van der Waals surface area contributed by atoms with E-state index < -0.39 is 0 Å². The second-order valence-corrected chi connectivity index (χ2v) is 4.87. The summed E-state index contributed by atoms with van der Waals surface area (Å²) in [7, 11) is -0.0463. The Balaban J connectivity index is 0.000000791. The van der Waals surface area contributed by atoms with E-state index in [2.05, 4.69) is 41.5 Å². The van der Waals surface area contributed by atoms with Gasteiger partial charge in [-0.25, -0.2) is 0 Å². The molecule has 3 heteroatoms. The Kier molecular flexibility index (Phi) is 4.66. The predicted octanol–water partition coefficient (Wildman–Crippen LogP) is 3.51. The van der Waals surface area contributed by atoms with Crippen molar-refractivity contribution < 1.29 is 9.31 Å². The van der Waals surface area contributed by atoms with Crippen LogP contribution in [0.5, 0.6) is 0 Å². The zero-order chi connectivity index (χ0) is 11.6. The molecular formula is C11H25BO2. The van der Waals surface area contributed by atoms with Gasteiger partial charge in [0.25, 0.3) is 0 Å². The minimum absolute atomic E-state index is 0.0463. The van der Waals surface area contributed by atoms with E-state index in [0.29, 0.717) is 5.82 Å². The van der Waals surface area contributed by atoms with Gasteiger partial charge in [-0.2, -0.15) is 0 Å². The largest absolute Gasteiger partial charge is 0.460 e. The molecule has 0 bridgehead atoms. The Morgan fingerprint density at radius 1 is 0.857 bits per heavy atom. The van der Waals surface area contributed by atoms with Crippen molar-refractivity contribution in [2.24, 2.45) is 0 Å². The van der Waals surface area contributed by atoms with Crippen LogP contribution in [0.3, 0.4) is 0 Å². The number of rotatable bonds is 1. The summed E-state index contributed by atoms with van der Waals surface area (Å²) in [6.07, 6.45) is 0. The van der Waals surface area contributed by atoms with Crippen LogP contribution in [0.1, 0.15) is 55.4 Å². The molecule has 1 saturated heterocycles. The topological polar surface area (TPSA) is 18.5 Å². The molecule has 0 aromatic rings. The monoisotopic (exact) mass is 200 g/mol. The lowest BCUT2D eigenvalue weighted by molar-refractivity contribution is 0.00578. The highest BCUT2D eigenvalue weighted by molar-refractivity contribution is 6.47. The van der Waals surface area contributed by atoms with Crippen molar-refractivity contribution in [3.8, 4) is 0 Å². The van der Waals surface area contributed by atoms with Crippen LogP contribution in [0, 0.1) is 0 Å². The van der Waals surface area contributed by atoms with Gasteiger partial charge in [-0.1, -0.05) is 27.7 Å². The fourth-order valence-electron chi connectivity index (χ4n) is 1.16. The number of hydrogen-bond acceptors (Lipinski definition) is 2. The van der Waals surface area contributed by atoms with Crippen LogP contribution in [0.4, 0.5) is 0 Å². The van der Waals surface area contributed by atoms with Crippen molar-refractivity contribution in [1.29, 1.82) is 0 Å². The summed E-state index contributed by atoms with van der Waals surface area (Å²) in [6, 6.07) is 0. The van der Waals surface area contributed by atoms with E-state index in [0.717, 1.165) is 0 Å². The van der Waals surface area contributed by atoms with Gasteiger partial charge in [-0.05, 0) is 33.5 Å². The summed E-state index contributed by atoms with van der Waals surface area (Å²) >= 11 is 0. The molecule has 2 nitrogen and oxygen atoms in total. The van der Waals surface area contributed by atoms with E-state index in [4.69, 9.17) is 9.31 Å². The first kappa shape index (κ1) is 14.0. The van der Waals surface area contributed by atoms with E-state index in [1.165, 1.54) is 0 Å². The normalized spacial score (nSPS) is 23.4. The van der Waals surface area contributed by atoms with Crippen LogP contribution >= 0.6 is 0 Å². The quantitative estimate of drug-likeness (QED) is 0.603. The van der Waals surface area contributed by atoms with Gasteiger partial charge < -0.3 is 9.31 Å². The van der Waals surface area contributed by atoms with E-state index in [1.54, 1.807) is 0 Å². The first-order chi connectivity index (χ1) is 6.26. The van der Waals surface area contributed by atoms with Gasteiger partial charge in [-0.3, -0.25) is 0 Å². The first-order valence-corrected chi connectivity index (χ1v) is 5.62. The smallest absolute Gasteiger partial charge is 0.403 e. The molecule has 0 aromatic carbocycles. The van der Waals surface area contributed by atoms with Crippen molar-refractivity contribution in [3.05, 3.63) is 0 Å². The molecule has 0 saturated carbocycles. The fraction of sp³-hybridized carbons (Fsp3) is 1.00. The minimum Gasteiger partial charge on any atom is -0.403 e.